The van der Waals surface area contributed by atoms with Gasteiger partial charge in [0.2, 0.25) is 5.91 Å². The zero-order valence-electron chi connectivity index (χ0n) is 14.0. The molecule has 2 unspecified atom stereocenters. The lowest BCUT2D eigenvalue weighted by molar-refractivity contribution is -0.124. The van der Waals surface area contributed by atoms with E-state index in [0.717, 1.165) is 32.5 Å². The summed E-state index contributed by atoms with van der Waals surface area (Å²) in [5.74, 6) is -0.279. The lowest BCUT2D eigenvalue weighted by atomic mass is 9.93. The molecular weight excluding hydrogens is 254 g/mol. The van der Waals surface area contributed by atoms with Gasteiger partial charge in [0.15, 0.2) is 0 Å². The number of amides is 1. The highest BCUT2D eigenvalue weighted by molar-refractivity contribution is 5.84. The fraction of sp³-hybridized carbons (Fsp3) is 0.933. The van der Waals surface area contributed by atoms with Crippen LogP contribution in [0.2, 0.25) is 0 Å². The summed E-state index contributed by atoms with van der Waals surface area (Å²) in [5, 5.41) is 3.28. The highest BCUT2D eigenvalue weighted by atomic mass is 16.5. The maximum Gasteiger partial charge on any atom is 0.237 e. The third kappa shape index (κ3) is 6.68. The molecule has 0 radical (unpaired) electrons. The van der Waals surface area contributed by atoms with Gasteiger partial charge in [0.05, 0.1) is 12.1 Å². The molecule has 0 aromatic carbocycles. The zero-order chi connectivity index (χ0) is 15.8. The van der Waals surface area contributed by atoms with Crippen LogP contribution in [-0.2, 0) is 9.53 Å². The van der Waals surface area contributed by atoms with Crippen molar-refractivity contribution in [2.75, 3.05) is 26.8 Å². The summed E-state index contributed by atoms with van der Waals surface area (Å²) in [6.45, 7) is 12.9. The molecule has 0 heterocycles. The highest BCUT2D eigenvalue weighted by Gasteiger charge is 2.31. The Balaban J connectivity index is 4.38. The van der Waals surface area contributed by atoms with Crippen molar-refractivity contribution >= 4 is 5.91 Å². The summed E-state index contributed by atoms with van der Waals surface area (Å²) < 4.78 is 5.20. The van der Waals surface area contributed by atoms with Crippen molar-refractivity contribution in [3.63, 3.8) is 0 Å². The average molecular weight is 287 g/mol. The number of methoxy groups -OCH3 is 1. The van der Waals surface area contributed by atoms with Crippen molar-refractivity contribution in [3.05, 3.63) is 0 Å². The summed E-state index contributed by atoms with van der Waals surface area (Å²) in [5.41, 5.74) is 4.91. The molecule has 0 aromatic heterocycles. The molecule has 0 aliphatic carbocycles. The van der Waals surface area contributed by atoms with Crippen molar-refractivity contribution < 1.29 is 9.53 Å². The number of hydrogen-bond acceptors (Lipinski definition) is 4. The van der Waals surface area contributed by atoms with Crippen molar-refractivity contribution in [3.8, 4) is 0 Å². The number of nitrogens with two attached hydrogens (primary N) is 1. The molecule has 5 heteroatoms. The average Bonchev–Trinajstić information content (AvgIpc) is 2.33. The smallest absolute Gasteiger partial charge is 0.237 e. The van der Waals surface area contributed by atoms with Crippen LogP contribution in [0.5, 0.6) is 0 Å². The fourth-order valence-corrected chi connectivity index (χ4v) is 2.58. The van der Waals surface area contributed by atoms with E-state index >= 15 is 0 Å². The summed E-state index contributed by atoms with van der Waals surface area (Å²) >= 11 is 0. The first kappa shape index (κ1) is 19.4. The zero-order valence-corrected chi connectivity index (χ0v) is 14.0. The number of rotatable bonds is 11. The van der Waals surface area contributed by atoms with Crippen molar-refractivity contribution in [1.29, 1.82) is 0 Å². The van der Waals surface area contributed by atoms with Gasteiger partial charge in [-0.25, -0.2) is 0 Å². The second-order valence-electron chi connectivity index (χ2n) is 6.03. The van der Waals surface area contributed by atoms with Crippen molar-refractivity contribution in [1.82, 2.24) is 10.2 Å². The fourth-order valence-electron chi connectivity index (χ4n) is 2.58. The van der Waals surface area contributed by atoms with Crippen LogP contribution in [-0.4, -0.2) is 55.2 Å². The van der Waals surface area contributed by atoms with Crippen LogP contribution in [0.25, 0.3) is 0 Å². The Morgan fingerprint density at radius 3 is 2.40 bits per heavy atom. The second kappa shape index (κ2) is 9.32. The molecule has 0 rings (SSSR count). The van der Waals surface area contributed by atoms with E-state index in [9.17, 15) is 4.79 Å². The number of carbonyl (C=O) groups excluding carboxylic acids is 1. The van der Waals surface area contributed by atoms with Gasteiger partial charge < -0.3 is 15.8 Å². The van der Waals surface area contributed by atoms with Gasteiger partial charge >= 0.3 is 0 Å². The Morgan fingerprint density at radius 1 is 1.40 bits per heavy atom. The molecule has 0 saturated heterocycles. The van der Waals surface area contributed by atoms with Gasteiger partial charge in [0.25, 0.3) is 0 Å². The lowest BCUT2D eigenvalue weighted by Crippen LogP contribution is -2.55. The van der Waals surface area contributed by atoms with Crippen LogP contribution in [0.3, 0.4) is 0 Å². The molecule has 0 saturated carbocycles. The van der Waals surface area contributed by atoms with E-state index in [1.54, 1.807) is 7.11 Å². The number of hydrogen-bond donors (Lipinski definition) is 2. The van der Waals surface area contributed by atoms with Gasteiger partial charge in [0, 0.05) is 19.2 Å². The van der Waals surface area contributed by atoms with Crippen LogP contribution in [0.15, 0.2) is 0 Å². The minimum atomic E-state index is -0.627. The number of nitrogens with one attached hydrogen (secondary N) is 1. The molecule has 0 aliphatic heterocycles. The second-order valence-corrected chi connectivity index (χ2v) is 6.03. The van der Waals surface area contributed by atoms with E-state index < -0.39 is 5.54 Å². The number of nitrogens with zero attached hydrogens (tertiary/aromatic N) is 1. The topological polar surface area (TPSA) is 67.6 Å². The van der Waals surface area contributed by atoms with Crippen molar-refractivity contribution in [2.24, 2.45) is 5.73 Å². The first-order chi connectivity index (χ1) is 9.26. The number of ether oxygens (including phenoxy) is 1. The van der Waals surface area contributed by atoms with Gasteiger partial charge in [-0.2, -0.15) is 0 Å². The monoisotopic (exact) mass is 287 g/mol. The standard InChI is InChI=1S/C15H33N3O2/c1-7-18(13(4)11-20-6)10-8-9-15(5,14(16)19)17-12(2)3/h12-13,17H,7-11H2,1-6H3,(H2,16,19). The molecule has 1 amide bonds. The lowest BCUT2D eigenvalue weighted by Gasteiger charge is -2.32. The largest absolute Gasteiger partial charge is 0.383 e. The number of carbonyl (C=O) groups is 1. The van der Waals surface area contributed by atoms with Gasteiger partial charge in [-0.1, -0.05) is 6.92 Å². The molecule has 0 fully saturated rings. The van der Waals surface area contributed by atoms with E-state index in [2.05, 4.69) is 24.1 Å². The van der Waals surface area contributed by atoms with Gasteiger partial charge in [-0.3, -0.25) is 9.69 Å². The van der Waals surface area contributed by atoms with Crippen LogP contribution in [0.1, 0.15) is 47.5 Å². The van der Waals surface area contributed by atoms with Gasteiger partial charge in [-0.15, -0.1) is 0 Å². The minimum Gasteiger partial charge on any atom is -0.383 e. The minimum absolute atomic E-state index is 0.238. The SMILES string of the molecule is CCN(CCCC(C)(NC(C)C)C(N)=O)C(C)COC. The van der Waals surface area contributed by atoms with E-state index in [-0.39, 0.29) is 11.9 Å². The molecule has 5 nitrogen and oxygen atoms in total. The molecule has 120 valence electrons. The van der Waals surface area contributed by atoms with Gasteiger partial charge in [-0.05, 0) is 53.6 Å². The predicted octanol–water partition coefficient (Wildman–Crippen LogP) is 1.37. The normalized spacial score (nSPS) is 16.4. The van der Waals surface area contributed by atoms with Crippen LogP contribution >= 0.6 is 0 Å². The van der Waals surface area contributed by atoms with Crippen LogP contribution < -0.4 is 11.1 Å². The van der Waals surface area contributed by atoms with Gasteiger partial charge in [0.1, 0.15) is 0 Å². The molecule has 0 spiro atoms. The van der Waals surface area contributed by atoms with Crippen LogP contribution in [0, 0.1) is 0 Å². The molecule has 3 N–H and O–H groups in total. The van der Waals surface area contributed by atoms with E-state index in [4.69, 9.17) is 10.5 Å². The Kier molecular flexibility index (Phi) is 9.01. The third-order valence-corrected chi connectivity index (χ3v) is 3.71. The maximum atomic E-state index is 11.7. The molecule has 0 bridgehead atoms. The molecule has 0 aromatic rings. The van der Waals surface area contributed by atoms with E-state index in [1.165, 1.54) is 0 Å². The van der Waals surface area contributed by atoms with E-state index in [1.807, 2.05) is 20.8 Å². The molecular formula is C15H33N3O2. The Bertz CT molecular complexity index is 284. The Hall–Kier alpha value is -0.650. The Morgan fingerprint density at radius 2 is 2.00 bits per heavy atom. The summed E-state index contributed by atoms with van der Waals surface area (Å²) in [7, 11) is 1.72. The molecule has 2 atom stereocenters. The van der Waals surface area contributed by atoms with Crippen LogP contribution in [0.4, 0.5) is 0 Å². The van der Waals surface area contributed by atoms with E-state index in [0.29, 0.717) is 6.04 Å². The molecule has 0 aliphatic rings. The quantitative estimate of drug-likeness (QED) is 0.602. The number of primary amides is 1. The summed E-state index contributed by atoms with van der Waals surface area (Å²) in [4.78, 5) is 14.0. The summed E-state index contributed by atoms with van der Waals surface area (Å²) in [6, 6.07) is 0.630. The highest BCUT2D eigenvalue weighted by Crippen LogP contribution is 2.14. The predicted molar refractivity (Wildman–Crippen MR) is 83.7 cm³/mol. The Labute approximate surface area is 124 Å². The summed E-state index contributed by atoms with van der Waals surface area (Å²) in [6.07, 6.45) is 1.68. The first-order valence-electron chi connectivity index (χ1n) is 7.57. The third-order valence-electron chi connectivity index (χ3n) is 3.71. The van der Waals surface area contributed by atoms with Crippen molar-refractivity contribution in [2.45, 2.75) is 65.1 Å². The maximum absolute atomic E-state index is 11.7. The number of likely N-dealkylation sites (N-methyl/N-ethyl adjacent to an activating group) is 1. The molecule has 20 heavy (non-hydrogen) atoms. The first-order valence-corrected chi connectivity index (χ1v) is 7.57.